The van der Waals surface area contributed by atoms with Gasteiger partial charge in [0.05, 0.1) is 15.7 Å². The first-order valence-electron chi connectivity index (χ1n) is 6.95. The Labute approximate surface area is 136 Å². The average molecular weight is 332 g/mol. The summed E-state index contributed by atoms with van der Waals surface area (Å²) in [7, 11) is -1.18. The molecule has 1 atom stereocenters. The first-order valence-corrected chi connectivity index (χ1v) is 8.27. The van der Waals surface area contributed by atoms with Crippen molar-refractivity contribution in [1.29, 1.82) is 0 Å². The quantitative estimate of drug-likeness (QED) is 0.650. The second kappa shape index (κ2) is 7.64. The summed E-state index contributed by atoms with van der Waals surface area (Å²) >= 11 is 0. The van der Waals surface area contributed by atoms with Gasteiger partial charge in [0, 0.05) is 34.9 Å². The molecule has 23 heavy (non-hydrogen) atoms. The van der Waals surface area contributed by atoms with Crippen molar-refractivity contribution in [2.75, 3.05) is 12.3 Å². The second-order valence-corrected chi connectivity index (χ2v) is 6.45. The van der Waals surface area contributed by atoms with Gasteiger partial charge in [0.2, 0.25) is 0 Å². The molecule has 0 saturated heterocycles. The standard InChI is InChI=1S/C16H16N2O4S/c1-12-11-13(18(20)21)7-8-15(12)16(19)17-9-10-23(22)14-5-3-2-4-6-14/h2-8,11H,9-10H2,1H3,(H,17,19)/t23-/m1/s1. The molecule has 0 unspecified atom stereocenters. The Kier molecular flexibility index (Phi) is 5.59. The predicted octanol–water partition coefficient (Wildman–Crippen LogP) is 2.44. The third-order valence-electron chi connectivity index (χ3n) is 3.24. The number of amides is 1. The van der Waals surface area contributed by atoms with Gasteiger partial charge >= 0.3 is 0 Å². The summed E-state index contributed by atoms with van der Waals surface area (Å²) in [6.45, 7) is 1.90. The predicted molar refractivity (Wildman–Crippen MR) is 87.9 cm³/mol. The summed E-state index contributed by atoms with van der Waals surface area (Å²) in [5.74, 6) is -0.0237. The van der Waals surface area contributed by atoms with Crippen LogP contribution in [0.4, 0.5) is 5.69 Å². The molecule has 2 aromatic rings. The molecule has 0 spiro atoms. The normalized spacial score (nSPS) is 11.7. The minimum Gasteiger partial charge on any atom is -0.351 e. The lowest BCUT2D eigenvalue weighted by Crippen LogP contribution is -2.28. The zero-order valence-electron chi connectivity index (χ0n) is 12.5. The number of hydrogen-bond acceptors (Lipinski definition) is 4. The maximum absolute atomic E-state index is 12.1. The fourth-order valence-corrected chi connectivity index (χ4v) is 3.04. The lowest BCUT2D eigenvalue weighted by molar-refractivity contribution is -0.384. The average Bonchev–Trinajstić information content (AvgIpc) is 2.55. The van der Waals surface area contributed by atoms with Gasteiger partial charge < -0.3 is 5.32 Å². The maximum atomic E-state index is 12.1. The molecule has 120 valence electrons. The molecule has 0 aliphatic rings. The fourth-order valence-electron chi connectivity index (χ4n) is 2.06. The van der Waals surface area contributed by atoms with Crippen LogP contribution in [0.3, 0.4) is 0 Å². The fraction of sp³-hybridized carbons (Fsp3) is 0.188. The number of nitro benzene ring substituents is 1. The third-order valence-corrected chi connectivity index (χ3v) is 4.62. The van der Waals surface area contributed by atoms with Gasteiger partial charge in [0.15, 0.2) is 0 Å². The summed E-state index contributed by atoms with van der Waals surface area (Å²) in [5.41, 5.74) is 0.853. The van der Waals surface area contributed by atoms with Gasteiger partial charge in [0.25, 0.3) is 11.6 Å². The SMILES string of the molecule is Cc1cc([N+](=O)[O-])ccc1C(=O)NCC[S@@](=O)c1ccccc1. The Morgan fingerprint density at radius 2 is 1.91 bits per heavy atom. The highest BCUT2D eigenvalue weighted by Crippen LogP contribution is 2.17. The van der Waals surface area contributed by atoms with Crippen LogP contribution in [0.5, 0.6) is 0 Å². The molecule has 7 heteroatoms. The minimum atomic E-state index is -1.18. The van der Waals surface area contributed by atoms with E-state index < -0.39 is 15.7 Å². The van der Waals surface area contributed by atoms with E-state index in [-0.39, 0.29) is 18.1 Å². The van der Waals surface area contributed by atoms with Crippen molar-refractivity contribution in [3.63, 3.8) is 0 Å². The summed E-state index contributed by atoms with van der Waals surface area (Å²) in [5, 5.41) is 13.4. The first-order chi connectivity index (χ1) is 11.0. The smallest absolute Gasteiger partial charge is 0.269 e. The Morgan fingerprint density at radius 1 is 1.22 bits per heavy atom. The number of benzene rings is 2. The molecular formula is C16H16N2O4S. The lowest BCUT2D eigenvalue weighted by atomic mass is 10.1. The van der Waals surface area contributed by atoms with Crippen LogP contribution < -0.4 is 5.32 Å². The molecule has 0 aliphatic heterocycles. The molecular weight excluding hydrogens is 316 g/mol. The van der Waals surface area contributed by atoms with E-state index in [1.807, 2.05) is 18.2 Å². The van der Waals surface area contributed by atoms with E-state index in [0.29, 0.717) is 21.8 Å². The van der Waals surface area contributed by atoms with Crippen molar-refractivity contribution in [2.24, 2.45) is 0 Å². The van der Waals surface area contributed by atoms with Crippen molar-refractivity contribution in [2.45, 2.75) is 11.8 Å². The molecule has 0 aromatic heterocycles. The van der Waals surface area contributed by atoms with Crippen LogP contribution in [0.1, 0.15) is 15.9 Å². The van der Waals surface area contributed by atoms with E-state index in [1.165, 1.54) is 18.2 Å². The number of rotatable bonds is 6. The molecule has 0 aliphatic carbocycles. The Hall–Kier alpha value is -2.54. The molecule has 1 amide bonds. The van der Waals surface area contributed by atoms with E-state index >= 15 is 0 Å². The topological polar surface area (TPSA) is 89.3 Å². The van der Waals surface area contributed by atoms with Gasteiger partial charge in [-0.25, -0.2) is 0 Å². The van der Waals surface area contributed by atoms with Crippen LogP contribution in [-0.4, -0.2) is 27.3 Å². The van der Waals surface area contributed by atoms with Gasteiger partial charge in [-0.15, -0.1) is 0 Å². The number of nitro groups is 1. The van der Waals surface area contributed by atoms with E-state index in [2.05, 4.69) is 5.32 Å². The molecule has 6 nitrogen and oxygen atoms in total. The lowest BCUT2D eigenvalue weighted by Gasteiger charge is -2.07. The van der Waals surface area contributed by atoms with Gasteiger partial charge in [-0.1, -0.05) is 18.2 Å². The van der Waals surface area contributed by atoms with E-state index in [1.54, 1.807) is 19.1 Å². The second-order valence-electron chi connectivity index (χ2n) is 4.87. The summed E-state index contributed by atoms with van der Waals surface area (Å²) in [6, 6.07) is 13.1. The highest BCUT2D eigenvalue weighted by molar-refractivity contribution is 7.85. The number of aryl methyl sites for hydroxylation is 1. The van der Waals surface area contributed by atoms with Crippen LogP contribution in [0.25, 0.3) is 0 Å². The largest absolute Gasteiger partial charge is 0.351 e. The number of nitrogens with zero attached hydrogens (tertiary/aromatic N) is 1. The van der Waals surface area contributed by atoms with Gasteiger partial charge in [-0.3, -0.25) is 19.1 Å². The van der Waals surface area contributed by atoms with Crippen molar-refractivity contribution in [3.8, 4) is 0 Å². The van der Waals surface area contributed by atoms with Crippen LogP contribution in [0.15, 0.2) is 53.4 Å². The maximum Gasteiger partial charge on any atom is 0.269 e. The highest BCUT2D eigenvalue weighted by atomic mass is 32.2. The highest BCUT2D eigenvalue weighted by Gasteiger charge is 2.13. The molecule has 0 saturated carbocycles. The van der Waals surface area contributed by atoms with Gasteiger partial charge in [-0.2, -0.15) is 0 Å². The molecule has 0 fully saturated rings. The van der Waals surface area contributed by atoms with Crippen molar-refractivity contribution >= 4 is 22.4 Å². The number of carbonyl (C=O) groups excluding carboxylic acids is 1. The summed E-state index contributed by atoms with van der Waals surface area (Å²) < 4.78 is 12.0. The van der Waals surface area contributed by atoms with Crippen molar-refractivity contribution in [1.82, 2.24) is 5.32 Å². The molecule has 0 heterocycles. The molecule has 2 aromatic carbocycles. The molecule has 1 N–H and O–H groups in total. The first kappa shape index (κ1) is 16.8. The number of hydrogen-bond donors (Lipinski definition) is 1. The third kappa shape index (κ3) is 4.46. The van der Waals surface area contributed by atoms with E-state index in [9.17, 15) is 19.1 Å². The van der Waals surface area contributed by atoms with E-state index in [0.717, 1.165) is 0 Å². The van der Waals surface area contributed by atoms with Crippen LogP contribution in [0, 0.1) is 17.0 Å². The molecule has 0 bridgehead atoms. The van der Waals surface area contributed by atoms with E-state index in [4.69, 9.17) is 0 Å². The zero-order chi connectivity index (χ0) is 16.8. The summed E-state index contributed by atoms with van der Waals surface area (Å²) in [4.78, 5) is 23.0. The minimum absolute atomic E-state index is 0.0516. The van der Waals surface area contributed by atoms with Crippen LogP contribution in [-0.2, 0) is 10.8 Å². The Bertz CT molecular complexity index is 747. The zero-order valence-corrected chi connectivity index (χ0v) is 13.3. The molecule has 2 rings (SSSR count). The van der Waals surface area contributed by atoms with Crippen molar-refractivity contribution in [3.05, 3.63) is 69.8 Å². The number of carbonyl (C=O) groups is 1. The Balaban J connectivity index is 1.93. The van der Waals surface area contributed by atoms with Crippen LogP contribution in [0.2, 0.25) is 0 Å². The van der Waals surface area contributed by atoms with Gasteiger partial charge in [0.1, 0.15) is 0 Å². The summed E-state index contributed by atoms with van der Waals surface area (Å²) in [6.07, 6.45) is 0. The van der Waals surface area contributed by atoms with Crippen molar-refractivity contribution < 1.29 is 13.9 Å². The Morgan fingerprint density at radius 3 is 2.52 bits per heavy atom. The monoisotopic (exact) mass is 332 g/mol. The molecule has 0 radical (unpaired) electrons. The number of non-ortho nitro benzene ring substituents is 1. The van der Waals surface area contributed by atoms with Gasteiger partial charge in [-0.05, 0) is 30.7 Å². The number of nitrogens with one attached hydrogen (secondary N) is 1. The van der Waals surface area contributed by atoms with Crippen LogP contribution >= 0.6 is 0 Å².